The number of carbonyl (C=O) groups excluding carboxylic acids is 9. The maximum Gasteiger partial charge on any atom is 0.303 e. The predicted octanol–water partition coefficient (Wildman–Crippen LogP) is 6.70. The van der Waals surface area contributed by atoms with Crippen LogP contribution < -0.4 is 55.3 Å². The number of carboxylic acids is 1. The van der Waals surface area contributed by atoms with Gasteiger partial charge in [-0.1, -0.05) is 50.2 Å². The third-order valence-corrected chi connectivity index (χ3v) is 11.2. The summed E-state index contributed by atoms with van der Waals surface area (Å²) < 4.78 is 0. The van der Waals surface area contributed by atoms with Gasteiger partial charge in [-0.2, -0.15) is 10.2 Å². The molecule has 5 amide bonds. The average Bonchev–Trinajstić information content (AvgIpc) is 3.71. The standard InChI is InChI=1S/C21H26N10O2.C19H18N2O4.C11H13NO2.C8H9NO.C3H6O2/c1-12(28-30-20(22)23)14-6-8-17(9-7-14)27-18(32)11-26-19(33)16-5-3-4-15(10-16)13(2)29-31-21(24)25;1-12(22)14-3-5-16(6-4-14)19(25)20-11-18(24)21-17-9-7-15(8-10-17)13(2)23;1-3-11(14)12-10-6-4-9(5-7-10)8(2)13;1-6(10)7-2-4-8(9)5-3-7;1-2-3(4)5/h3-10H,11H2,1-2H3,(H,26,33)(H,27,32)(H4,22,23,30)(H4,24,25,31);3-10H,11H2,1-2H3,(H,20,25)(H,21,24);4-7H,3H2,1-2H3,(H,12,14);2-5H,9H2,1H3;2H2,1H3,(H,4,5)/b28-12+,29-13+;;;;. The van der Waals surface area contributed by atoms with E-state index in [1.165, 1.54) is 39.8 Å². The van der Waals surface area contributed by atoms with E-state index < -0.39 is 17.8 Å². The number of aliphatic carboxylic acids is 1. The first kappa shape index (κ1) is 71.6. The van der Waals surface area contributed by atoms with Gasteiger partial charge in [-0.15, -0.1) is 10.2 Å². The van der Waals surface area contributed by atoms with Crippen molar-refractivity contribution >= 4 is 105 Å². The number of anilines is 4. The summed E-state index contributed by atoms with van der Waals surface area (Å²) >= 11 is 0. The number of rotatable bonds is 19. The van der Waals surface area contributed by atoms with E-state index in [0.29, 0.717) is 73.9 Å². The van der Waals surface area contributed by atoms with Crippen molar-refractivity contribution in [1.29, 1.82) is 0 Å². The summed E-state index contributed by atoms with van der Waals surface area (Å²) in [6, 6.07) is 40.0. The second-order valence-electron chi connectivity index (χ2n) is 18.3. The van der Waals surface area contributed by atoms with Crippen molar-refractivity contribution in [2.75, 3.05) is 34.8 Å². The number of amides is 5. The van der Waals surface area contributed by atoms with Crippen LogP contribution in [0.4, 0.5) is 22.7 Å². The Bertz CT molecular complexity index is 3480. The van der Waals surface area contributed by atoms with Crippen molar-refractivity contribution in [2.24, 2.45) is 43.3 Å². The van der Waals surface area contributed by atoms with Gasteiger partial charge in [0, 0.05) is 69.0 Å². The Morgan fingerprint density at radius 3 is 1.02 bits per heavy atom. The highest BCUT2D eigenvalue weighted by molar-refractivity contribution is 6.05. The third-order valence-electron chi connectivity index (χ3n) is 11.2. The van der Waals surface area contributed by atoms with Crippen LogP contribution in [-0.4, -0.2) is 100 Å². The van der Waals surface area contributed by atoms with Crippen LogP contribution in [0.25, 0.3) is 0 Å². The van der Waals surface area contributed by atoms with Gasteiger partial charge < -0.3 is 60.4 Å². The van der Waals surface area contributed by atoms with E-state index in [1.54, 1.807) is 161 Å². The van der Waals surface area contributed by atoms with Crippen LogP contribution in [0.2, 0.25) is 0 Å². The second kappa shape index (κ2) is 37.6. The quantitative estimate of drug-likeness (QED) is 0.0132. The number of benzene rings is 6. The van der Waals surface area contributed by atoms with E-state index in [9.17, 15) is 47.9 Å². The summed E-state index contributed by atoms with van der Waals surface area (Å²) in [6.45, 7) is 12.4. The molecule has 0 radical (unpaired) electrons. The highest BCUT2D eigenvalue weighted by Gasteiger charge is 2.12. The molecule has 0 heterocycles. The van der Waals surface area contributed by atoms with Crippen molar-refractivity contribution in [3.05, 3.63) is 190 Å². The van der Waals surface area contributed by atoms with Crippen molar-refractivity contribution in [1.82, 2.24) is 10.6 Å². The zero-order valence-electron chi connectivity index (χ0n) is 49.4. The third kappa shape index (κ3) is 28.9. The van der Waals surface area contributed by atoms with Gasteiger partial charge in [-0.25, -0.2) is 0 Å². The van der Waals surface area contributed by atoms with Gasteiger partial charge in [-0.05, 0) is 162 Å². The Morgan fingerprint density at radius 2 is 0.678 bits per heavy atom. The van der Waals surface area contributed by atoms with Crippen molar-refractivity contribution in [3.8, 4) is 0 Å². The number of Topliss-reactive ketones (excluding diaryl/α,β-unsaturated/α-hetero) is 4. The van der Waals surface area contributed by atoms with Crippen LogP contribution in [-0.2, 0) is 19.2 Å². The average molecular weight is 1190 g/mol. The lowest BCUT2D eigenvalue weighted by Gasteiger charge is -2.09. The molecule has 25 heteroatoms. The number of carbonyl (C=O) groups is 10. The normalized spacial score (nSPS) is 10.2. The van der Waals surface area contributed by atoms with E-state index in [1.807, 2.05) is 0 Å². The van der Waals surface area contributed by atoms with E-state index >= 15 is 0 Å². The molecule has 6 aromatic rings. The summed E-state index contributed by atoms with van der Waals surface area (Å²) in [4.78, 5) is 113. The number of ketones is 4. The minimum atomic E-state index is -0.745. The number of nitrogens with zero attached hydrogens (tertiary/aromatic N) is 4. The number of nitrogens with one attached hydrogen (secondary N) is 5. The number of nitrogen functional groups attached to an aromatic ring is 1. The largest absolute Gasteiger partial charge is 0.481 e. The lowest BCUT2D eigenvalue weighted by atomic mass is 10.1. The molecule has 0 aliphatic heterocycles. The number of hydrogen-bond acceptors (Lipinski definition) is 15. The van der Waals surface area contributed by atoms with Crippen LogP contribution in [0.3, 0.4) is 0 Å². The molecule has 0 saturated heterocycles. The first-order chi connectivity index (χ1) is 41.1. The van der Waals surface area contributed by atoms with Crippen molar-refractivity contribution in [3.63, 3.8) is 0 Å². The molecular formula is C62H72N14O11. The molecule has 6 aromatic carbocycles. The fourth-order valence-corrected chi connectivity index (χ4v) is 6.40. The van der Waals surface area contributed by atoms with Gasteiger partial charge in [0.05, 0.1) is 24.5 Å². The number of guanidine groups is 2. The molecule has 87 heavy (non-hydrogen) atoms. The SMILES string of the molecule is C/C(=N\N=C(N)N)c1ccc(NC(=O)CNC(=O)c2cccc(/C(C)=N/N=C(N)N)c2)cc1.CC(=O)c1ccc(N)cc1.CC(=O)c1ccc(NC(=O)CNC(=O)c2ccc(C(C)=O)cc2)cc1.CCC(=O)Nc1ccc(C(C)=O)cc1.CCC(=O)O. The molecule has 0 aromatic heterocycles. The molecule has 6 rings (SSSR count). The minimum Gasteiger partial charge on any atom is -0.481 e. The van der Waals surface area contributed by atoms with Crippen LogP contribution in [0, 0.1) is 0 Å². The number of nitrogens with two attached hydrogens (primary N) is 5. The van der Waals surface area contributed by atoms with Gasteiger partial charge >= 0.3 is 5.97 Å². The Morgan fingerprint density at radius 1 is 0.379 bits per heavy atom. The molecule has 0 aliphatic carbocycles. The first-order valence-electron chi connectivity index (χ1n) is 26.5. The maximum atomic E-state index is 12.4. The summed E-state index contributed by atoms with van der Waals surface area (Å²) in [7, 11) is 0. The predicted molar refractivity (Wildman–Crippen MR) is 338 cm³/mol. The molecule has 0 bridgehead atoms. The summed E-state index contributed by atoms with van der Waals surface area (Å²) in [6.07, 6.45) is 0.675. The Hall–Kier alpha value is -11.5. The van der Waals surface area contributed by atoms with Gasteiger partial charge in [0.1, 0.15) is 0 Å². The lowest BCUT2D eigenvalue weighted by molar-refractivity contribution is -0.136. The van der Waals surface area contributed by atoms with E-state index in [4.69, 9.17) is 33.8 Å². The van der Waals surface area contributed by atoms with Crippen molar-refractivity contribution in [2.45, 2.75) is 68.2 Å². The molecule has 0 aliphatic rings. The van der Waals surface area contributed by atoms with E-state index in [-0.39, 0.29) is 72.3 Å². The number of carboxylic acid groups (broad SMARTS) is 1. The van der Waals surface area contributed by atoms with Crippen LogP contribution in [0.1, 0.15) is 142 Å². The van der Waals surface area contributed by atoms with Crippen LogP contribution in [0.15, 0.2) is 166 Å². The monoisotopic (exact) mass is 1190 g/mol. The Kier molecular flexibility index (Phi) is 30.9. The van der Waals surface area contributed by atoms with Gasteiger partial charge in [0.25, 0.3) is 11.8 Å². The van der Waals surface area contributed by atoms with Gasteiger partial charge in [0.2, 0.25) is 29.6 Å². The summed E-state index contributed by atoms with van der Waals surface area (Å²) in [5.74, 6) is -2.71. The summed E-state index contributed by atoms with van der Waals surface area (Å²) in [5.41, 5.74) is 34.7. The van der Waals surface area contributed by atoms with Gasteiger partial charge in [-0.3, -0.25) is 47.9 Å². The Labute approximate surface area is 503 Å². The highest BCUT2D eigenvalue weighted by Crippen LogP contribution is 2.14. The second-order valence-corrected chi connectivity index (χ2v) is 18.3. The molecule has 0 atom stereocenters. The van der Waals surface area contributed by atoms with Crippen molar-refractivity contribution < 1.29 is 53.1 Å². The van der Waals surface area contributed by atoms with E-state index in [0.717, 1.165) is 11.3 Å². The Balaban J connectivity index is 0.000000416. The molecular weight excluding hydrogens is 1120 g/mol. The molecule has 16 N–H and O–H groups in total. The molecule has 0 unspecified atom stereocenters. The summed E-state index contributed by atoms with van der Waals surface area (Å²) in [5, 5.41) is 35.8. The van der Waals surface area contributed by atoms with Crippen LogP contribution >= 0.6 is 0 Å². The molecule has 25 nitrogen and oxygen atoms in total. The molecule has 0 fully saturated rings. The molecule has 0 spiro atoms. The maximum absolute atomic E-state index is 12.4. The first-order valence-corrected chi connectivity index (χ1v) is 26.5. The topological polar surface area (TPSA) is 431 Å². The molecule has 0 saturated carbocycles. The number of hydrogen-bond donors (Lipinski definition) is 11. The zero-order valence-corrected chi connectivity index (χ0v) is 49.4. The zero-order chi connectivity index (χ0) is 65.2. The molecule has 456 valence electrons. The van der Waals surface area contributed by atoms with Crippen LogP contribution in [0.5, 0.6) is 0 Å². The van der Waals surface area contributed by atoms with E-state index in [2.05, 4.69) is 47.0 Å². The smallest absolute Gasteiger partial charge is 0.303 e. The highest BCUT2D eigenvalue weighted by atomic mass is 16.4. The van der Waals surface area contributed by atoms with Gasteiger partial charge in [0.15, 0.2) is 23.1 Å². The lowest BCUT2D eigenvalue weighted by Crippen LogP contribution is -2.32. The fourth-order valence-electron chi connectivity index (χ4n) is 6.40. The fraction of sp³-hybridized carbons (Fsp3) is 0.194. The minimum absolute atomic E-state index is 0.0263.